The lowest BCUT2D eigenvalue weighted by Crippen LogP contribution is -2.11. The summed E-state index contributed by atoms with van der Waals surface area (Å²) in [5, 5.41) is 0. The Bertz CT molecular complexity index is 639. The second-order valence-corrected chi connectivity index (χ2v) is 6.77. The van der Waals surface area contributed by atoms with Crippen molar-refractivity contribution < 1.29 is 4.74 Å². The van der Waals surface area contributed by atoms with Gasteiger partial charge in [0.05, 0.1) is 12.8 Å². The first-order valence-electron chi connectivity index (χ1n) is 6.63. The van der Waals surface area contributed by atoms with Gasteiger partial charge in [-0.3, -0.25) is 0 Å². The number of rotatable bonds is 2. The number of methoxy groups -OCH3 is 1. The molecule has 108 valence electrons. The summed E-state index contributed by atoms with van der Waals surface area (Å²) in [6, 6.07) is 6.35. The smallest absolute Gasteiger partial charge is 0.132 e. The van der Waals surface area contributed by atoms with E-state index in [-0.39, 0.29) is 5.41 Å². The lowest BCUT2D eigenvalue weighted by molar-refractivity contribution is 0.415. The van der Waals surface area contributed by atoms with E-state index in [1.165, 1.54) is 5.56 Å². The van der Waals surface area contributed by atoms with Crippen LogP contribution < -0.4 is 4.74 Å². The molecular weight excluding hydrogens is 316 g/mol. The largest absolute Gasteiger partial charge is 0.496 e. The third-order valence-corrected chi connectivity index (χ3v) is 4.15. The quantitative estimate of drug-likeness (QED) is 0.809. The normalized spacial score (nSPS) is 11.8. The first-order valence-corrected chi connectivity index (χ1v) is 7.42. The molecule has 0 atom stereocenters. The van der Waals surface area contributed by atoms with Crippen molar-refractivity contribution in [3.05, 3.63) is 34.2 Å². The molecule has 0 bridgehead atoms. The van der Waals surface area contributed by atoms with Crippen LogP contribution in [0.5, 0.6) is 5.75 Å². The van der Waals surface area contributed by atoms with Crippen LogP contribution in [-0.4, -0.2) is 16.7 Å². The van der Waals surface area contributed by atoms with E-state index in [1.54, 1.807) is 7.11 Å². The van der Waals surface area contributed by atoms with Crippen molar-refractivity contribution in [2.45, 2.75) is 33.1 Å². The second-order valence-electron chi connectivity index (χ2n) is 6.02. The highest BCUT2D eigenvalue weighted by Gasteiger charge is 2.20. The molecule has 1 aromatic carbocycles. The molecule has 1 aromatic heterocycles. The van der Waals surface area contributed by atoms with Gasteiger partial charge in [-0.25, -0.2) is 4.98 Å². The molecule has 0 saturated carbocycles. The van der Waals surface area contributed by atoms with Crippen LogP contribution >= 0.6 is 15.9 Å². The zero-order chi connectivity index (χ0) is 15.1. The fourth-order valence-corrected chi connectivity index (χ4v) is 2.96. The number of hydrogen-bond donors (Lipinski definition) is 0. The predicted octanol–water partition coefficient (Wildman–Crippen LogP) is 4.46. The Kier molecular flexibility index (Phi) is 3.96. The number of aromatic nitrogens is 2. The highest BCUT2D eigenvalue weighted by molar-refractivity contribution is 9.10. The van der Waals surface area contributed by atoms with Gasteiger partial charge in [-0.05, 0) is 46.0 Å². The van der Waals surface area contributed by atoms with Gasteiger partial charge >= 0.3 is 0 Å². The minimum absolute atomic E-state index is 0.0983. The molecule has 0 aliphatic heterocycles. The topological polar surface area (TPSA) is 27.1 Å². The van der Waals surface area contributed by atoms with Crippen molar-refractivity contribution in [3.63, 3.8) is 0 Å². The maximum absolute atomic E-state index is 5.52. The number of halogens is 1. The zero-order valence-electron chi connectivity index (χ0n) is 12.9. The fraction of sp³-hybridized carbons (Fsp3) is 0.438. The van der Waals surface area contributed by atoms with Gasteiger partial charge in [0, 0.05) is 12.6 Å². The molecule has 2 aromatic rings. The molecule has 1 heterocycles. The molecule has 0 N–H and O–H groups in total. The molecule has 0 aliphatic carbocycles. The Morgan fingerprint density at radius 2 is 1.90 bits per heavy atom. The molecule has 4 heteroatoms. The minimum atomic E-state index is 0.0983. The van der Waals surface area contributed by atoms with Gasteiger partial charge in [-0.2, -0.15) is 0 Å². The molecule has 0 aliphatic rings. The van der Waals surface area contributed by atoms with Gasteiger partial charge in [0.25, 0.3) is 0 Å². The van der Waals surface area contributed by atoms with Gasteiger partial charge in [0.2, 0.25) is 0 Å². The van der Waals surface area contributed by atoms with Crippen molar-refractivity contribution in [2.75, 3.05) is 7.11 Å². The Morgan fingerprint density at radius 1 is 1.25 bits per heavy atom. The van der Waals surface area contributed by atoms with Crippen LogP contribution in [0, 0.1) is 6.92 Å². The van der Waals surface area contributed by atoms with E-state index < -0.39 is 0 Å². The summed E-state index contributed by atoms with van der Waals surface area (Å²) in [5.74, 6) is 1.83. The summed E-state index contributed by atoms with van der Waals surface area (Å²) in [7, 11) is 3.72. The van der Waals surface area contributed by atoms with Gasteiger partial charge in [0.15, 0.2) is 0 Å². The Labute approximate surface area is 129 Å². The molecule has 0 fully saturated rings. The average Bonchev–Trinajstić information content (AvgIpc) is 2.61. The third kappa shape index (κ3) is 2.62. The molecule has 2 rings (SSSR count). The van der Waals surface area contributed by atoms with Crippen LogP contribution in [0.15, 0.2) is 22.8 Å². The Hall–Kier alpha value is -1.29. The highest BCUT2D eigenvalue weighted by Crippen LogP contribution is 2.38. The zero-order valence-corrected chi connectivity index (χ0v) is 14.5. The van der Waals surface area contributed by atoms with E-state index in [4.69, 9.17) is 4.74 Å². The van der Waals surface area contributed by atoms with Gasteiger partial charge in [-0.15, -0.1) is 0 Å². The van der Waals surface area contributed by atoms with Crippen LogP contribution in [0.25, 0.3) is 11.3 Å². The molecule has 0 unspecified atom stereocenters. The van der Waals surface area contributed by atoms with Crippen molar-refractivity contribution in [1.82, 2.24) is 9.55 Å². The maximum Gasteiger partial charge on any atom is 0.132 e. The summed E-state index contributed by atoms with van der Waals surface area (Å²) >= 11 is 3.56. The van der Waals surface area contributed by atoms with E-state index >= 15 is 0 Å². The summed E-state index contributed by atoms with van der Waals surface area (Å²) in [4.78, 5) is 4.48. The summed E-state index contributed by atoms with van der Waals surface area (Å²) in [5.41, 5.74) is 3.49. The Morgan fingerprint density at radius 3 is 2.35 bits per heavy atom. The summed E-state index contributed by atoms with van der Waals surface area (Å²) < 4.78 is 8.45. The van der Waals surface area contributed by atoms with Crippen molar-refractivity contribution in [2.24, 2.45) is 7.05 Å². The van der Waals surface area contributed by atoms with Crippen LogP contribution in [0.1, 0.15) is 32.2 Å². The molecule has 0 spiro atoms. The standard InChI is InChI=1S/C16H21BrN2O/c1-10-18-15(17)14(19(10)5)12-9-11(16(2,3)4)7-8-13(12)20-6/h7-9H,1-6H3. The van der Waals surface area contributed by atoms with E-state index in [0.717, 1.165) is 27.4 Å². The van der Waals surface area contributed by atoms with Crippen LogP contribution in [0.4, 0.5) is 0 Å². The summed E-state index contributed by atoms with van der Waals surface area (Å²) in [6.07, 6.45) is 0. The number of imidazole rings is 1. The monoisotopic (exact) mass is 336 g/mol. The third-order valence-electron chi connectivity index (χ3n) is 3.60. The highest BCUT2D eigenvalue weighted by atomic mass is 79.9. The maximum atomic E-state index is 5.52. The van der Waals surface area contributed by atoms with E-state index in [9.17, 15) is 0 Å². The van der Waals surface area contributed by atoms with Gasteiger partial charge in [0.1, 0.15) is 16.2 Å². The Balaban J connectivity index is 2.71. The molecule has 3 nitrogen and oxygen atoms in total. The van der Waals surface area contributed by atoms with Gasteiger partial charge < -0.3 is 9.30 Å². The number of benzene rings is 1. The molecule has 0 saturated heterocycles. The van der Waals surface area contributed by atoms with E-state index in [1.807, 2.05) is 20.0 Å². The molecule has 20 heavy (non-hydrogen) atoms. The van der Waals surface area contributed by atoms with Crippen molar-refractivity contribution in [3.8, 4) is 17.0 Å². The van der Waals surface area contributed by atoms with Crippen molar-refractivity contribution >= 4 is 15.9 Å². The molecule has 0 radical (unpaired) electrons. The SMILES string of the molecule is COc1ccc(C(C)(C)C)cc1-c1c(Br)nc(C)n1C. The van der Waals surface area contributed by atoms with E-state index in [0.29, 0.717) is 0 Å². The molecular formula is C16H21BrN2O. The van der Waals surface area contributed by atoms with E-state index in [2.05, 4.69) is 58.4 Å². The minimum Gasteiger partial charge on any atom is -0.496 e. The number of aryl methyl sites for hydroxylation is 1. The van der Waals surface area contributed by atoms with Gasteiger partial charge in [-0.1, -0.05) is 26.8 Å². The van der Waals surface area contributed by atoms with Crippen LogP contribution in [-0.2, 0) is 12.5 Å². The second kappa shape index (κ2) is 5.24. The van der Waals surface area contributed by atoms with Crippen molar-refractivity contribution in [1.29, 1.82) is 0 Å². The van der Waals surface area contributed by atoms with Crippen LogP contribution in [0.3, 0.4) is 0 Å². The number of hydrogen-bond acceptors (Lipinski definition) is 2. The average molecular weight is 337 g/mol. The molecule has 0 amide bonds. The predicted molar refractivity (Wildman–Crippen MR) is 86.3 cm³/mol. The first-order chi connectivity index (χ1) is 9.25. The lowest BCUT2D eigenvalue weighted by Gasteiger charge is -2.21. The number of nitrogens with zero attached hydrogens (tertiary/aromatic N) is 2. The summed E-state index contributed by atoms with van der Waals surface area (Å²) in [6.45, 7) is 8.63. The fourth-order valence-electron chi connectivity index (χ4n) is 2.22. The lowest BCUT2D eigenvalue weighted by atomic mass is 9.85. The van der Waals surface area contributed by atoms with Crippen LogP contribution in [0.2, 0.25) is 0 Å². The first kappa shape index (κ1) is 15.1. The number of ether oxygens (including phenoxy) is 1.